The summed E-state index contributed by atoms with van der Waals surface area (Å²) < 4.78 is 37.8. The van der Waals surface area contributed by atoms with Crippen molar-refractivity contribution in [1.29, 1.82) is 0 Å². The third kappa shape index (κ3) is 5.43. The predicted octanol–water partition coefficient (Wildman–Crippen LogP) is 0.330. The van der Waals surface area contributed by atoms with Gasteiger partial charge in [0.1, 0.15) is 5.75 Å². The molecule has 1 fully saturated rings. The van der Waals surface area contributed by atoms with E-state index in [1.807, 2.05) is 0 Å². The Labute approximate surface area is 156 Å². The molecule has 1 N–H and O–H groups in total. The highest BCUT2D eigenvalue weighted by molar-refractivity contribution is 7.91. The molecule has 9 nitrogen and oxygen atoms in total. The van der Waals surface area contributed by atoms with Gasteiger partial charge in [0, 0.05) is 6.04 Å². The average molecular weight is 399 g/mol. The Morgan fingerprint density at radius 3 is 2.07 bits per heavy atom. The van der Waals surface area contributed by atoms with Gasteiger partial charge in [-0.25, -0.2) is 18.0 Å². The first-order valence-corrected chi connectivity index (χ1v) is 9.96. The van der Waals surface area contributed by atoms with E-state index in [0.717, 1.165) is 0 Å². The van der Waals surface area contributed by atoms with Crippen molar-refractivity contribution >= 4 is 27.7 Å². The number of methoxy groups -OCH3 is 2. The molecule has 0 aromatic heterocycles. The van der Waals surface area contributed by atoms with Crippen LogP contribution in [-0.4, -0.2) is 64.1 Å². The molecule has 2 rings (SSSR count). The van der Waals surface area contributed by atoms with Gasteiger partial charge in [-0.05, 0) is 31.5 Å². The Hall–Kier alpha value is -2.62. The van der Waals surface area contributed by atoms with E-state index in [4.69, 9.17) is 4.74 Å². The van der Waals surface area contributed by atoms with E-state index in [-0.39, 0.29) is 28.4 Å². The monoisotopic (exact) mass is 399 g/mol. The van der Waals surface area contributed by atoms with Gasteiger partial charge in [-0.1, -0.05) is 0 Å². The van der Waals surface area contributed by atoms with E-state index >= 15 is 0 Å². The fraction of sp³-hybridized carbons (Fsp3) is 0.471. The van der Waals surface area contributed by atoms with Crippen LogP contribution in [0.25, 0.3) is 0 Å². The van der Waals surface area contributed by atoms with Crippen LogP contribution in [0.1, 0.15) is 34.1 Å². The Morgan fingerprint density at radius 1 is 1.07 bits per heavy atom. The lowest BCUT2D eigenvalue weighted by molar-refractivity contribution is -0.127. The maximum absolute atomic E-state index is 12.3. The minimum absolute atomic E-state index is 0.0385. The highest BCUT2D eigenvalue weighted by atomic mass is 32.2. The summed E-state index contributed by atoms with van der Waals surface area (Å²) in [6.45, 7) is 1.47. The summed E-state index contributed by atoms with van der Waals surface area (Å²) in [5.74, 6) is -1.83. The summed E-state index contributed by atoms with van der Waals surface area (Å²) in [6, 6.07) is 3.50. The second kappa shape index (κ2) is 8.38. The van der Waals surface area contributed by atoms with Crippen LogP contribution < -0.4 is 10.1 Å². The van der Waals surface area contributed by atoms with E-state index in [1.165, 1.54) is 39.3 Å². The van der Waals surface area contributed by atoms with Gasteiger partial charge in [-0.15, -0.1) is 0 Å². The Bertz CT molecular complexity index is 814. The molecule has 1 amide bonds. The first-order chi connectivity index (χ1) is 12.6. The van der Waals surface area contributed by atoms with Crippen molar-refractivity contribution in [2.24, 2.45) is 0 Å². The predicted molar refractivity (Wildman–Crippen MR) is 94.4 cm³/mol. The van der Waals surface area contributed by atoms with Gasteiger partial charge >= 0.3 is 11.9 Å². The molecule has 1 aromatic carbocycles. The van der Waals surface area contributed by atoms with Gasteiger partial charge in [0.15, 0.2) is 15.9 Å². The molecule has 148 valence electrons. The number of benzene rings is 1. The lowest BCUT2D eigenvalue weighted by atomic mass is 10.1. The third-order valence-corrected chi connectivity index (χ3v) is 5.78. The van der Waals surface area contributed by atoms with Crippen LogP contribution in [0, 0.1) is 0 Å². The molecule has 27 heavy (non-hydrogen) atoms. The number of hydrogen-bond acceptors (Lipinski definition) is 8. The van der Waals surface area contributed by atoms with E-state index < -0.39 is 39.8 Å². The van der Waals surface area contributed by atoms with Crippen LogP contribution in [0.4, 0.5) is 0 Å². The van der Waals surface area contributed by atoms with E-state index in [9.17, 15) is 22.8 Å². The number of nitrogens with one attached hydrogen (secondary N) is 1. The number of rotatable bonds is 6. The van der Waals surface area contributed by atoms with E-state index in [2.05, 4.69) is 14.8 Å². The van der Waals surface area contributed by atoms with Gasteiger partial charge in [-0.2, -0.15) is 0 Å². The van der Waals surface area contributed by atoms with E-state index in [1.54, 1.807) is 0 Å². The number of sulfone groups is 1. The van der Waals surface area contributed by atoms with E-state index in [0.29, 0.717) is 6.42 Å². The van der Waals surface area contributed by atoms with Gasteiger partial charge in [-0.3, -0.25) is 4.79 Å². The van der Waals surface area contributed by atoms with Crippen molar-refractivity contribution in [2.75, 3.05) is 25.7 Å². The zero-order valence-corrected chi connectivity index (χ0v) is 16.0. The van der Waals surface area contributed by atoms with Crippen molar-refractivity contribution in [3.63, 3.8) is 0 Å². The summed E-state index contributed by atoms with van der Waals surface area (Å²) in [6.07, 6.45) is -0.628. The number of ether oxygens (including phenoxy) is 3. The van der Waals surface area contributed by atoms with Crippen molar-refractivity contribution in [2.45, 2.75) is 25.5 Å². The summed E-state index contributed by atoms with van der Waals surface area (Å²) in [5, 5.41) is 2.63. The standard InChI is InChI=1S/C17H21NO8S/c1-10(15(19)18-13-4-5-27(22,23)9-13)26-14-7-11(16(20)24-2)6-12(8-14)17(21)25-3/h6-8,10,13H,4-5,9H2,1-3H3,(H,18,19)/t10-,13+/m1/s1. The number of esters is 2. The lowest BCUT2D eigenvalue weighted by Gasteiger charge is -2.18. The van der Waals surface area contributed by atoms with Gasteiger partial charge in [0.05, 0.1) is 36.9 Å². The second-order valence-electron chi connectivity index (χ2n) is 6.10. The fourth-order valence-electron chi connectivity index (χ4n) is 2.62. The van der Waals surface area contributed by atoms with Crippen LogP contribution in [0.2, 0.25) is 0 Å². The summed E-state index contributed by atoms with van der Waals surface area (Å²) in [5.41, 5.74) is 0.120. The number of amides is 1. The number of carbonyl (C=O) groups is 3. The normalized spacial score (nSPS) is 19.0. The Morgan fingerprint density at radius 2 is 1.63 bits per heavy atom. The van der Waals surface area contributed by atoms with Crippen LogP contribution in [-0.2, 0) is 24.1 Å². The molecular weight excluding hydrogens is 378 g/mol. The second-order valence-corrected chi connectivity index (χ2v) is 8.33. The SMILES string of the molecule is COC(=O)c1cc(O[C@H](C)C(=O)N[C@H]2CCS(=O)(=O)C2)cc(C(=O)OC)c1. The highest BCUT2D eigenvalue weighted by Gasteiger charge is 2.30. The van der Waals surface area contributed by atoms with Crippen molar-refractivity contribution in [1.82, 2.24) is 5.32 Å². The maximum atomic E-state index is 12.3. The molecule has 10 heteroatoms. The topological polar surface area (TPSA) is 125 Å². The zero-order chi connectivity index (χ0) is 20.2. The summed E-state index contributed by atoms with van der Waals surface area (Å²) >= 11 is 0. The van der Waals surface area contributed by atoms with Crippen molar-refractivity contribution in [3.05, 3.63) is 29.3 Å². The molecule has 0 unspecified atom stereocenters. The minimum atomic E-state index is -3.12. The molecule has 0 bridgehead atoms. The largest absolute Gasteiger partial charge is 0.481 e. The third-order valence-electron chi connectivity index (χ3n) is 4.01. The molecule has 1 aliphatic heterocycles. The molecule has 1 aliphatic rings. The maximum Gasteiger partial charge on any atom is 0.338 e. The quantitative estimate of drug-likeness (QED) is 0.679. The smallest absolute Gasteiger partial charge is 0.338 e. The van der Waals surface area contributed by atoms with Crippen LogP contribution in [0.15, 0.2) is 18.2 Å². The lowest BCUT2D eigenvalue weighted by Crippen LogP contribution is -2.43. The van der Waals surface area contributed by atoms with Crippen molar-refractivity contribution in [3.8, 4) is 5.75 Å². The van der Waals surface area contributed by atoms with Gasteiger partial charge in [0.2, 0.25) is 0 Å². The molecule has 1 aromatic rings. The zero-order valence-electron chi connectivity index (χ0n) is 15.2. The van der Waals surface area contributed by atoms with Crippen LogP contribution in [0.5, 0.6) is 5.75 Å². The Balaban J connectivity index is 2.13. The number of hydrogen-bond donors (Lipinski definition) is 1. The van der Waals surface area contributed by atoms with Crippen LogP contribution >= 0.6 is 0 Å². The average Bonchev–Trinajstić information content (AvgIpc) is 2.98. The highest BCUT2D eigenvalue weighted by Crippen LogP contribution is 2.20. The molecule has 1 heterocycles. The minimum Gasteiger partial charge on any atom is -0.481 e. The summed E-state index contributed by atoms with van der Waals surface area (Å²) in [7, 11) is -0.732. The molecule has 0 radical (unpaired) electrons. The first-order valence-electron chi connectivity index (χ1n) is 8.14. The molecule has 0 saturated carbocycles. The molecule has 1 saturated heterocycles. The molecule has 0 spiro atoms. The van der Waals surface area contributed by atoms with Crippen LogP contribution in [0.3, 0.4) is 0 Å². The molecule has 2 atom stereocenters. The summed E-state index contributed by atoms with van der Waals surface area (Å²) in [4.78, 5) is 35.8. The fourth-order valence-corrected chi connectivity index (χ4v) is 4.30. The molecule has 0 aliphatic carbocycles. The first kappa shape index (κ1) is 20.7. The van der Waals surface area contributed by atoms with Gasteiger partial charge in [0.25, 0.3) is 5.91 Å². The Kier molecular flexibility index (Phi) is 6.42. The number of carbonyl (C=O) groups excluding carboxylic acids is 3. The van der Waals surface area contributed by atoms with Crippen molar-refractivity contribution < 1.29 is 37.0 Å². The molecular formula is C17H21NO8S. The van der Waals surface area contributed by atoms with Gasteiger partial charge < -0.3 is 19.5 Å².